The van der Waals surface area contributed by atoms with E-state index in [4.69, 9.17) is 0 Å². The van der Waals surface area contributed by atoms with E-state index in [0.29, 0.717) is 0 Å². The topological polar surface area (TPSA) is 49.0 Å². The Kier molecular flexibility index (Phi) is 4.47. The molecule has 0 fully saturated rings. The van der Waals surface area contributed by atoms with E-state index in [1.54, 1.807) is 11.3 Å². The van der Waals surface area contributed by atoms with E-state index < -0.39 is 0 Å². The van der Waals surface area contributed by atoms with Gasteiger partial charge in [-0.15, -0.1) is 11.3 Å². The van der Waals surface area contributed by atoms with Crippen molar-refractivity contribution in [1.29, 1.82) is 5.26 Å². The SMILES string of the molecule is CC1=NC(C)=C(c2nc(C)cs2)C(c2ccccc2Br)C1C#N. The molecule has 0 saturated heterocycles. The number of aryl methyl sites for hydroxylation is 1. The van der Waals surface area contributed by atoms with Gasteiger partial charge in [-0.25, -0.2) is 4.98 Å². The van der Waals surface area contributed by atoms with Crippen LogP contribution in [0.1, 0.15) is 36.0 Å². The van der Waals surface area contributed by atoms with Gasteiger partial charge in [0.25, 0.3) is 0 Å². The van der Waals surface area contributed by atoms with Crippen molar-refractivity contribution >= 4 is 38.6 Å². The van der Waals surface area contributed by atoms with Crippen LogP contribution in [0.5, 0.6) is 0 Å². The lowest BCUT2D eigenvalue weighted by Crippen LogP contribution is -2.24. The summed E-state index contributed by atoms with van der Waals surface area (Å²) in [5.41, 5.74) is 4.98. The number of hydrogen-bond donors (Lipinski definition) is 0. The molecule has 2 aromatic rings. The number of nitrogens with zero attached hydrogens (tertiary/aromatic N) is 3. The van der Waals surface area contributed by atoms with Gasteiger partial charge < -0.3 is 0 Å². The van der Waals surface area contributed by atoms with Crippen LogP contribution in [0, 0.1) is 24.2 Å². The predicted molar refractivity (Wildman–Crippen MR) is 98.5 cm³/mol. The first-order valence-corrected chi connectivity index (χ1v) is 9.02. The molecule has 0 radical (unpaired) electrons. The molecule has 1 aromatic carbocycles. The van der Waals surface area contributed by atoms with Crippen molar-refractivity contribution in [2.45, 2.75) is 26.7 Å². The van der Waals surface area contributed by atoms with Gasteiger partial charge in [-0.1, -0.05) is 34.1 Å². The first-order valence-electron chi connectivity index (χ1n) is 7.35. The maximum Gasteiger partial charge on any atom is 0.122 e. The molecule has 0 saturated carbocycles. The van der Waals surface area contributed by atoms with Crippen LogP contribution in [-0.2, 0) is 0 Å². The van der Waals surface area contributed by atoms with Gasteiger partial charge >= 0.3 is 0 Å². The number of thiazole rings is 1. The molecule has 23 heavy (non-hydrogen) atoms. The van der Waals surface area contributed by atoms with E-state index in [2.05, 4.69) is 38.0 Å². The summed E-state index contributed by atoms with van der Waals surface area (Å²) >= 11 is 5.26. The lowest BCUT2D eigenvalue weighted by atomic mass is 9.76. The van der Waals surface area contributed by atoms with Crippen LogP contribution < -0.4 is 0 Å². The number of halogens is 1. The second kappa shape index (κ2) is 6.38. The molecule has 1 aliphatic rings. The number of allylic oxidation sites excluding steroid dienone is 2. The van der Waals surface area contributed by atoms with Crippen molar-refractivity contribution in [2.75, 3.05) is 0 Å². The Morgan fingerprint density at radius 2 is 1.96 bits per heavy atom. The summed E-state index contributed by atoms with van der Waals surface area (Å²) in [7, 11) is 0. The number of benzene rings is 1. The molecular weight excluding hydrogens is 370 g/mol. The third kappa shape index (κ3) is 2.89. The lowest BCUT2D eigenvalue weighted by Gasteiger charge is -2.30. The molecule has 0 amide bonds. The zero-order valence-corrected chi connectivity index (χ0v) is 15.6. The molecule has 2 atom stereocenters. The Morgan fingerprint density at radius 3 is 2.57 bits per heavy atom. The fraction of sp³-hybridized carbons (Fsp3) is 0.278. The zero-order chi connectivity index (χ0) is 16.6. The molecule has 116 valence electrons. The van der Waals surface area contributed by atoms with E-state index >= 15 is 0 Å². The molecule has 5 heteroatoms. The smallest absolute Gasteiger partial charge is 0.122 e. The van der Waals surface area contributed by atoms with Crippen molar-refractivity contribution < 1.29 is 0 Å². The second-order valence-corrected chi connectivity index (χ2v) is 7.36. The minimum absolute atomic E-state index is 0.0568. The molecule has 2 heterocycles. The van der Waals surface area contributed by atoms with Crippen LogP contribution in [0.4, 0.5) is 0 Å². The van der Waals surface area contributed by atoms with E-state index in [0.717, 1.165) is 37.7 Å². The molecular formula is C18H16BrN3S. The fourth-order valence-electron chi connectivity index (χ4n) is 3.02. The Hall–Kier alpha value is -1.77. The van der Waals surface area contributed by atoms with Crippen LogP contribution in [0.3, 0.4) is 0 Å². The maximum absolute atomic E-state index is 9.75. The lowest BCUT2D eigenvalue weighted by molar-refractivity contribution is 0.743. The van der Waals surface area contributed by atoms with Crippen LogP contribution in [0.2, 0.25) is 0 Å². The highest BCUT2D eigenvalue weighted by Crippen LogP contribution is 2.46. The first kappa shape index (κ1) is 16.1. The summed E-state index contributed by atoms with van der Waals surface area (Å²) in [5.74, 6) is -0.338. The van der Waals surface area contributed by atoms with Crippen molar-refractivity contribution in [2.24, 2.45) is 10.9 Å². The van der Waals surface area contributed by atoms with Gasteiger partial charge in [0.2, 0.25) is 0 Å². The predicted octanol–water partition coefficient (Wildman–Crippen LogP) is 5.34. The van der Waals surface area contributed by atoms with Crippen LogP contribution in [-0.4, -0.2) is 10.7 Å². The number of aliphatic imine (C=N–C) groups is 1. The molecule has 0 N–H and O–H groups in total. The van der Waals surface area contributed by atoms with E-state index in [1.165, 1.54) is 0 Å². The molecule has 0 spiro atoms. The maximum atomic E-state index is 9.75. The highest BCUT2D eigenvalue weighted by Gasteiger charge is 2.36. The molecule has 3 rings (SSSR count). The summed E-state index contributed by atoms with van der Waals surface area (Å²) in [6.45, 7) is 5.93. The van der Waals surface area contributed by atoms with E-state index in [1.807, 2.05) is 44.4 Å². The standard InChI is InChI=1S/C18H16BrN3S/c1-10-9-23-18(21-10)16-12(3)22-11(2)14(8-20)17(16)13-6-4-5-7-15(13)19/h4-7,9,14,17H,1-3H3. The summed E-state index contributed by atoms with van der Waals surface area (Å²) < 4.78 is 1.01. The average molecular weight is 386 g/mol. The highest BCUT2D eigenvalue weighted by molar-refractivity contribution is 9.10. The summed E-state index contributed by atoms with van der Waals surface area (Å²) in [6, 6.07) is 10.5. The largest absolute Gasteiger partial charge is 0.261 e. The third-order valence-electron chi connectivity index (χ3n) is 4.06. The van der Waals surface area contributed by atoms with Gasteiger partial charge in [0.05, 0.1) is 12.0 Å². The van der Waals surface area contributed by atoms with Gasteiger partial charge in [-0.05, 0) is 32.4 Å². The molecule has 2 unspecified atom stereocenters. The van der Waals surface area contributed by atoms with Gasteiger partial charge in [-0.2, -0.15) is 5.26 Å². The number of rotatable bonds is 2. The summed E-state index contributed by atoms with van der Waals surface area (Å²) in [5, 5.41) is 12.8. The van der Waals surface area contributed by atoms with Crippen molar-refractivity contribution in [3.05, 3.63) is 56.1 Å². The summed E-state index contributed by atoms with van der Waals surface area (Å²) in [6.07, 6.45) is 0. The molecule has 3 nitrogen and oxygen atoms in total. The molecule has 1 aliphatic heterocycles. The van der Waals surface area contributed by atoms with Crippen LogP contribution in [0.25, 0.3) is 5.57 Å². The monoisotopic (exact) mass is 385 g/mol. The van der Waals surface area contributed by atoms with E-state index in [-0.39, 0.29) is 11.8 Å². The zero-order valence-electron chi connectivity index (χ0n) is 13.2. The van der Waals surface area contributed by atoms with Gasteiger partial charge in [-0.3, -0.25) is 4.99 Å². The van der Waals surface area contributed by atoms with Gasteiger partial charge in [0.15, 0.2) is 0 Å². The Morgan fingerprint density at radius 1 is 1.22 bits per heavy atom. The fourth-order valence-corrected chi connectivity index (χ4v) is 4.49. The molecule has 0 aliphatic carbocycles. The normalized spacial score (nSPS) is 21.1. The second-order valence-electron chi connectivity index (χ2n) is 5.65. The number of aromatic nitrogens is 1. The first-order chi connectivity index (χ1) is 11.0. The quantitative estimate of drug-likeness (QED) is 0.699. The Bertz CT molecular complexity index is 857. The highest BCUT2D eigenvalue weighted by atomic mass is 79.9. The molecule has 0 bridgehead atoms. The number of nitriles is 1. The van der Waals surface area contributed by atoms with Crippen LogP contribution in [0.15, 0.2) is 44.8 Å². The Labute approximate surface area is 148 Å². The van der Waals surface area contributed by atoms with Crippen LogP contribution >= 0.6 is 27.3 Å². The van der Waals surface area contributed by atoms with Crippen molar-refractivity contribution in [1.82, 2.24) is 4.98 Å². The Balaban J connectivity index is 2.25. The third-order valence-corrected chi connectivity index (χ3v) is 5.77. The van der Waals surface area contributed by atoms with Crippen molar-refractivity contribution in [3.63, 3.8) is 0 Å². The number of hydrogen-bond acceptors (Lipinski definition) is 4. The minimum Gasteiger partial charge on any atom is -0.261 e. The van der Waals surface area contributed by atoms with Crippen molar-refractivity contribution in [3.8, 4) is 6.07 Å². The van der Waals surface area contributed by atoms with E-state index in [9.17, 15) is 5.26 Å². The average Bonchev–Trinajstić information content (AvgIpc) is 2.93. The molecule has 1 aromatic heterocycles. The summed E-state index contributed by atoms with van der Waals surface area (Å²) in [4.78, 5) is 9.28. The van der Waals surface area contributed by atoms with Gasteiger partial charge in [0.1, 0.15) is 5.01 Å². The van der Waals surface area contributed by atoms with Gasteiger partial charge in [0, 0.05) is 38.4 Å². The minimum atomic E-state index is -0.281.